The van der Waals surface area contributed by atoms with Crippen molar-refractivity contribution in [2.75, 3.05) is 32.7 Å². The lowest BCUT2D eigenvalue weighted by Crippen LogP contribution is -2.57. The van der Waals surface area contributed by atoms with Gasteiger partial charge < -0.3 is 10.6 Å². The maximum Gasteiger partial charge on any atom is 0.405 e. The highest BCUT2D eigenvalue weighted by Crippen LogP contribution is 2.25. The Morgan fingerprint density at radius 1 is 1.32 bits per heavy atom. The van der Waals surface area contributed by atoms with E-state index in [1.165, 1.54) is 4.90 Å². The number of hydrogen-bond acceptors (Lipinski definition) is 5. The number of rotatable bonds is 5. The summed E-state index contributed by atoms with van der Waals surface area (Å²) in [5.41, 5.74) is 1.37. The van der Waals surface area contributed by atoms with Crippen LogP contribution in [0.5, 0.6) is 0 Å². The van der Waals surface area contributed by atoms with Gasteiger partial charge in [0.25, 0.3) is 5.91 Å². The zero-order valence-electron chi connectivity index (χ0n) is 16.2. The molecule has 0 bridgehead atoms. The van der Waals surface area contributed by atoms with Gasteiger partial charge in [-0.05, 0) is 26.8 Å². The number of nitrogens with one attached hydrogen (secondary N) is 2. The molecule has 0 spiro atoms. The van der Waals surface area contributed by atoms with E-state index in [1.54, 1.807) is 23.9 Å². The lowest BCUT2D eigenvalue weighted by atomic mass is 10.1. The van der Waals surface area contributed by atoms with Crippen molar-refractivity contribution in [1.29, 1.82) is 0 Å². The summed E-state index contributed by atoms with van der Waals surface area (Å²) in [6, 6.07) is 0.0293. The van der Waals surface area contributed by atoms with Crippen LogP contribution >= 0.6 is 0 Å². The standard InChI is InChI=1S/C18H25F3N6O/c1-11(2)27-16-13(9-24-27)8-14(12(3)25-16)17(28)23-10-15(18(19,20)21)26-6-4-22-5-7-26/h8-9,11,15,22H,4-7,10H2,1-3H3,(H,23,28). The van der Waals surface area contributed by atoms with Gasteiger partial charge in [0.15, 0.2) is 5.65 Å². The summed E-state index contributed by atoms with van der Waals surface area (Å²) < 4.78 is 42.2. The molecule has 1 saturated heterocycles. The van der Waals surface area contributed by atoms with Crippen molar-refractivity contribution >= 4 is 16.9 Å². The molecule has 2 aromatic heterocycles. The predicted octanol–water partition coefficient (Wildman–Crippen LogP) is 1.89. The second kappa shape index (κ2) is 8.04. The molecule has 3 rings (SSSR count). The van der Waals surface area contributed by atoms with Crippen molar-refractivity contribution < 1.29 is 18.0 Å². The molecule has 1 fully saturated rings. The van der Waals surface area contributed by atoms with Gasteiger partial charge in [-0.1, -0.05) is 0 Å². The van der Waals surface area contributed by atoms with Gasteiger partial charge in [-0.25, -0.2) is 9.67 Å². The molecular formula is C18H25F3N6O. The van der Waals surface area contributed by atoms with Crippen LogP contribution in [0.3, 0.4) is 0 Å². The van der Waals surface area contributed by atoms with Crippen LogP contribution in [0.2, 0.25) is 0 Å². The molecule has 0 aliphatic carbocycles. The Labute approximate surface area is 161 Å². The van der Waals surface area contributed by atoms with Crippen molar-refractivity contribution in [1.82, 2.24) is 30.3 Å². The zero-order chi connectivity index (χ0) is 20.5. The number of halogens is 3. The first-order valence-corrected chi connectivity index (χ1v) is 9.33. The monoisotopic (exact) mass is 398 g/mol. The molecule has 1 unspecified atom stereocenters. The van der Waals surface area contributed by atoms with Gasteiger partial charge in [0.2, 0.25) is 0 Å². The number of amides is 1. The van der Waals surface area contributed by atoms with Crippen LogP contribution in [0.4, 0.5) is 13.2 Å². The Kier molecular flexibility index (Phi) is 5.90. The number of carbonyl (C=O) groups excluding carboxylic acids is 1. The van der Waals surface area contributed by atoms with Crippen LogP contribution < -0.4 is 10.6 Å². The van der Waals surface area contributed by atoms with Crippen molar-refractivity contribution in [3.05, 3.63) is 23.5 Å². The fraction of sp³-hybridized carbons (Fsp3) is 0.611. The zero-order valence-corrected chi connectivity index (χ0v) is 16.2. The Balaban J connectivity index is 1.77. The second-order valence-electron chi connectivity index (χ2n) is 7.27. The van der Waals surface area contributed by atoms with Crippen molar-refractivity contribution in [2.45, 2.75) is 39.0 Å². The number of aromatic nitrogens is 3. The third-order valence-corrected chi connectivity index (χ3v) is 4.92. The molecule has 3 heterocycles. The minimum Gasteiger partial charge on any atom is -0.350 e. The fourth-order valence-electron chi connectivity index (χ4n) is 3.40. The summed E-state index contributed by atoms with van der Waals surface area (Å²) in [6.45, 7) is 6.70. The van der Waals surface area contributed by atoms with Crippen LogP contribution in [0.15, 0.2) is 12.3 Å². The highest BCUT2D eigenvalue weighted by Gasteiger charge is 2.43. The van der Waals surface area contributed by atoms with Crippen LogP contribution in [0.1, 0.15) is 35.9 Å². The number of nitrogens with zero attached hydrogens (tertiary/aromatic N) is 4. The van der Waals surface area contributed by atoms with Crippen LogP contribution in [0, 0.1) is 6.92 Å². The molecular weight excluding hydrogens is 373 g/mol. The van der Waals surface area contributed by atoms with Crippen LogP contribution in [-0.2, 0) is 0 Å². The van der Waals surface area contributed by atoms with E-state index >= 15 is 0 Å². The average molecular weight is 398 g/mol. The van der Waals surface area contributed by atoms with Gasteiger partial charge in [-0.15, -0.1) is 0 Å². The molecule has 1 amide bonds. The van der Waals surface area contributed by atoms with E-state index in [-0.39, 0.29) is 11.6 Å². The maximum atomic E-state index is 13.5. The SMILES string of the molecule is Cc1nc2c(cnn2C(C)C)cc1C(=O)NCC(N1CCNCC1)C(F)(F)F. The van der Waals surface area contributed by atoms with E-state index in [9.17, 15) is 18.0 Å². The predicted molar refractivity (Wildman–Crippen MR) is 99.3 cm³/mol. The van der Waals surface area contributed by atoms with Gasteiger partial charge in [-0.3, -0.25) is 9.69 Å². The molecule has 2 aromatic rings. The molecule has 154 valence electrons. The number of carbonyl (C=O) groups is 1. The highest BCUT2D eigenvalue weighted by atomic mass is 19.4. The van der Waals surface area contributed by atoms with Crippen molar-refractivity contribution in [3.8, 4) is 0 Å². The molecule has 1 aliphatic rings. The first kappa shape index (κ1) is 20.5. The first-order valence-electron chi connectivity index (χ1n) is 9.33. The summed E-state index contributed by atoms with van der Waals surface area (Å²) in [5, 5.41) is 10.4. The highest BCUT2D eigenvalue weighted by molar-refractivity contribution is 5.98. The third kappa shape index (κ3) is 4.27. The van der Waals surface area contributed by atoms with E-state index in [2.05, 4.69) is 20.7 Å². The number of aryl methyl sites for hydroxylation is 1. The largest absolute Gasteiger partial charge is 0.405 e. The summed E-state index contributed by atoms with van der Waals surface area (Å²) in [6.07, 6.45) is -2.81. The molecule has 1 atom stereocenters. The molecule has 0 saturated carbocycles. The smallest absolute Gasteiger partial charge is 0.350 e. The van der Waals surface area contributed by atoms with Crippen LogP contribution in [-0.4, -0.2) is 70.5 Å². The molecule has 2 N–H and O–H groups in total. The van der Waals surface area contributed by atoms with Gasteiger partial charge in [0.05, 0.1) is 17.5 Å². The van der Waals surface area contributed by atoms with Crippen molar-refractivity contribution in [2.24, 2.45) is 0 Å². The van der Waals surface area contributed by atoms with Crippen LogP contribution in [0.25, 0.3) is 11.0 Å². The molecule has 10 heteroatoms. The fourth-order valence-corrected chi connectivity index (χ4v) is 3.40. The van der Waals surface area contributed by atoms with E-state index in [0.29, 0.717) is 42.9 Å². The van der Waals surface area contributed by atoms with Gasteiger partial charge in [0, 0.05) is 44.2 Å². The number of fused-ring (bicyclic) bond motifs is 1. The van der Waals surface area contributed by atoms with E-state index in [4.69, 9.17) is 0 Å². The molecule has 0 radical (unpaired) electrons. The summed E-state index contributed by atoms with van der Waals surface area (Å²) in [7, 11) is 0. The van der Waals surface area contributed by atoms with Gasteiger partial charge in [0.1, 0.15) is 6.04 Å². The van der Waals surface area contributed by atoms with E-state index in [0.717, 1.165) is 0 Å². The number of piperazine rings is 1. The molecule has 0 aromatic carbocycles. The minimum atomic E-state index is -4.42. The number of hydrogen-bond donors (Lipinski definition) is 2. The Morgan fingerprint density at radius 2 is 2.00 bits per heavy atom. The Hall–Kier alpha value is -2.20. The van der Waals surface area contributed by atoms with Gasteiger partial charge in [-0.2, -0.15) is 18.3 Å². The summed E-state index contributed by atoms with van der Waals surface area (Å²) in [5.74, 6) is -0.561. The summed E-state index contributed by atoms with van der Waals surface area (Å²) >= 11 is 0. The third-order valence-electron chi connectivity index (χ3n) is 4.92. The quantitative estimate of drug-likeness (QED) is 0.805. The van der Waals surface area contributed by atoms with Crippen molar-refractivity contribution in [3.63, 3.8) is 0 Å². The normalized spacial score (nSPS) is 17.2. The molecule has 28 heavy (non-hydrogen) atoms. The lowest BCUT2D eigenvalue weighted by molar-refractivity contribution is -0.183. The van der Waals surface area contributed by atoms with Gasteiger partial charge >= 0.3 is 6.18 Å². The second-order valence-corrected chi connectivity index (χ2v) is 7.27. The number of alkyl halides is 3. The summed E-state index contributed by atoms with van der Waals surface area (Å²) in [4.78, 5) is 18.4. The van der Waals surface area contributed by atoms with E-state index in [1.807, 2.05) is 13.8 Å². The Bertz CT molecular complexity index is 842. The van der Waals surface area contributed by atoms with E-state index < -0.39 is 24.7 Å². The minimum absolute atomic E-state index is 0.107. The topological polar surface area (TPSA) is 75.1 Å². The molecule has 1 aliphatic heterocycles. The number of pyridine rings is 1. The maximum absolute atomic E-state index is 13.5. The first-order chi connectivity index (χ1) is 13.2. The lowest BCUT2D eigenvalue weighted by Gasteiger charge is -2.35. The molecule has 7 nitrogen and oxygen atoms in total. The average Bonchev–Trinajstić information content (AvgIpc) is 3.03. The Morgan fingerprint density at radius 3 is 2.61 bits per heavy atom.